The van der Waals surface area contributed by atoms with Gasteiger partial charge in [-0.1, -0.05) is 30.3 Å². The van der Waals surface area contributed by atoms with Crippen LogP contribution in [0.4, 0.5) is 0 Å². The Labute approximate surface area is 116 Å². The zero-order valence-electron chi connectivity index (χ0n) is 11.2. The fourth-order valence-electron chi connectivity index (χ4n) is 1.61. The van der Waals surface area contributed by atoms with Gasteiger partial charge in [-0.2, -0.15) is 0 Å². The van der Waals surface area contributed by atoms with Gasteiger partial charge in [0.25, 0.3) is 0 Å². The van der Waals surface area contributed by atoms with E-state index in [1.54, 1.807) is 31.2 Å². The number of hydrogen-bond donors (Lipinski definition) is 0. The van der Waals surface area contributed by atoms with Crippen molar-refractivity contribution in [3.8, 4) is 0 Å². The monoisotopic (exact) mass is 270 g/mol. The average molecular weight is 270 g/mol. The SMILES string of the molecule is Cc1cnc(C(=O)OC(C)C(=O)c2ccccc2)cn1. The number of esters is 1. The van der Waals surface area contributed by atoms with Crippen molar-refractivity contribution >= 4 is 11.8 Å². The van der Waals surface area contributed by atoms with Crippen LogP contribution in [0.1, 0.15) is 33.5 Å². The van der Waals surface area contributed by atoms with Gasteiger partial charge in [0.1, 0.15) is 0 Å². The summed E-state index contributed by atoms with van der Waals surface area (Å²) < 4.78 is 5.10. The number of rotatable bonds is 4. The number of ketones is 1. The third-order valence-electron chi connectivity index (χ3n) is 2.70. The summed E-state index contributed by atoms with van der Waals surface area (Å²) in [4.78, 5) is 31.8. The second-order valence-electron chi connectivity index (χ2n) is 4.32. The molecule has 1 atom stereocenters. The molecule has 0 spiro atoms. The molecule has 5 nitrogen and oxygen atoms in total. The predicted octanol–water partition coefficient (Wildman–Crippen LogP) is 2.21. The first-order valence-corrected chi connectivity index (χ1v) is 6.17. The van der Waals surface area contributed by atoms with Crippen LogP contribution in [-0.2, 0) is 4.74 Å². The van der Waals surface area contributed by atoms with Crippen molar-refractivity contribution in [3.05, 3.63) is 59.7 Å². The lowest BCUT2D eigenvalue weighted by Gasteiger charge is -2.11. The Morgan fingerprint density at radius 2 is 1.80 bits per heavy atom. The summed E-state index contributed by atoms with van der Waals surface area (Å²) in [5, 5.41) is 0. The molecule has 0 radical (unpaired) electrons. The van der Waals surface area contributed by atoms with E-state index in [4.69, 9.17) is 4.74 Å². The molecule has 0 bridgehead atoms. The van der Waals surface area contributed by atoms with Gasteiger partial charge in [-0.25, -0.2) is 9.78 Å². The van der Waals surface area contributed by atoms with E-state index in [0.717, 1.165) is 0 Å². The van der Waals surface area contributed by atoms with Crippen LogP contribution in [-0.4, -0.2) is 27.8 Å². The van der Waals surface area contributed by atoms with Gasteiger partial charge in [0.15, 0.2) is 11.8 Å². The molecule has 102 valence electrons. The Kier molecular flexibility index (Phi) is 4.20. The summed E-state index contributed by atoms with van der Waals surface area (Å²) in [5.41, 5.74) is 1.29. The Hall–Kier alpha value is -2.56. The Morgan fingerprint density at radius 3 is 2.40 bits per heavy atom. The van der Waals surface area contributed by atoms with Crippen LogP contribution in [0, 0.1) is 6.92 Å². The van der Waals surface area contributed by atoms with E-state index in [9.17, 15) is 9.59 Å². The molecule has 1 unspecified atom stereocenters. The maximum atomic E-state index is 12.1. The van der Waals surface area contributed by atoms with E-state index < -0.39 is 12.1 Å². The number of aryl methyl sites for hydroxylation is 1. The summed E-state index contributed by atoms with van der Waals surface area (Å²) in [6.07, 6.45) is 1.94. The number of nitrogens with zero attached hydrogens (tertiary/aromatic N) is 2. The fourth-order valence-corrected chi connectivity index (χ4v) is 1.61. The van der Waals surface area contributed by atoms with Gasteiger partial charge < -0.3 is 4.74 Å². The van der Waals surface area contributed by atoms with Crippen LogP contribution >= 0.6 is 0 Å². The standard InChI is InChI=1S/C15H14N2O3/c1-10-8-17-13(9-16-10)15(19)20-11(2)14(18)12-6-4-3-5-7-12/h3-9,11H,1-2H3. The van der Waals surface area contributed by atoms with Crippen molar-refractivity contribution in [2.45, 2.75) is 20.0 Å². The smallest absolute Gasteiger partial charge is 0.359 e. The van der Waals surface area contributed by atoms with Crippen LogP contribution in [0.15, 0.2) is 42.7 Å². The normalized spacial score (nSPS) is 11.7. The van der Waals surface area contributed by atoms with Crippen molar-refractivity contribution in [1.29, 1.82) is 0 Å². The van der Waals surface area contributed by atoms with E-state index in [1.165, 1.54) is 19.3 Å². The number of aromatic nitrogens is 2. The number of ether oxygens (including phenoxy) is 1. The first kappa shape index (κ1) is 13.9. The molecule has 2 rings (SSSR count). The highest BCUT2D eigenvalue weighted by Gasteiger charge is 2.20. The molecule has 0 aliphatic rings. The molecule has 0 aliphatic heterocycles. The van der Waals surface area contributed by atoms with E-state index >= 15 is 0 Å². The van der Waals surface area contributed by atoms with Crippen LogP contribution < -0.4 is 0 Å². The number of carbonyl (C=O) groups is 2. The molecule has 0 saturated heterocycles. The van der Waals surface area contributed by atoms with Gasteiger partial charge in [-0.15, -0.1) is 0 Å². The van der Waals surface area contributed by atoms with E-state index in [2.05, 4.69) is 9.97 Å². The van der Waals surface area contributed by atoms with Crippen LogP contribution in [0.2, 0.25) is 0 Å². The van der Waals surface area contributed by atoms with Gasteiger partial charge in [0.2, 0.25) is 5.78 Å². The van der Waals surface area contributed by atoms with E-state index in [1.807, 2.05) is 6.07 Å². The Morgan fingerprint density at radius 1 is 1.10 bits per heavy atom. The lowest BCUT2D eigenvalue weighted by atomic mass is 10.1. The molecule has 0 amide bonds. The van der Waals surface area contributed by atoms with Crippen molar-refractivity contribution in [1.82, 2.24) is 9.97 Å². The molecule has 0 N–H and O–H groups in total. The maximum absolute atomic E-state index is 12.1. The summed E-state index contributed by atoms with van der Waals surface area (Å²) in [7, 11) is 0. The van der Waals surface area contributed by atoms with E-state index in [-0.39, 0.29) is 11.5 Å². The second kappa shape index (κ2) is 6.06. The van der Waals surface area contributed by atoms with Crippen LogP contribution in [0.25, 0.3) is 0 Å². The minimum absolute atomic E-state index is 0.0864. The zero-order chi connectivity index (χ0) is 14.5. The third kappa shape index (κ3) is 3.26. The lowest BCUT2D eigenvalue weighted by molar-refractivity contribution is 0.0312. The summed E-state index contributed by atoms with van der Waals surface area (Å²) >= 11 is 0. The number of hydrogen-bond acceptors (Lipinski definition) is 5. The number of carbonyl (C=O) groups excluding carboxylic acids is 2. The second-order valence-corrected chi connectivity index (χ2v) is 4.32. The molecule has 0 fully saturated rings. The highest BCUT2D eigenvalue weighted by atomic mass is 16.5. The molecule has 0 saturated carbocycles. The average Bonchev–Trinajstić information content (AvgIpc) is 2.48. The largest absolute Gasteiger partial charge is 0.449 e. The van der Waals surface area contributed by atoms with E-state index in [0.29, 0.717) is 11.3 Å². The summed E-state index contributed by atoms with van der Waals surface area (Å²) in [6.45, 7) is 3.30. The van der Waals surface area contributed by atoms with Crippen molar-refractivity contribution in [2.75, 3.05) is 0 Å². The minimum Gasteiger partial charge on any atom is -0.449 e. The van der Waals surface area contributed by atoms with Gasteiger partial charge in [0.05, 0.1) is 11.9 Å². The highest BCUT2D eigenvalue weighted by molar-refractivity contribution is 6.01. The molecule has 2 aromatic rings. The zero-order valence-corrected chi connectivity index (χ0v) is 11.2. The highest BCUT2D eigenvalue weighted by Crippen LogP contribution is 2.08. The van der Waals surface area contributed by atoms with Crippen molar-refractivity contribution in [3.63, 3.8) is 0 Å². The minimum atomic E-state index is -0.868. The lowest BCUT2D eigenvalue weighted by Crippen LogP contribution is -2.25. The van der Waals surface area contributed by atoms with Gasteiger partial charge in [0, 0.05) is 11.8 Å². The molecule has 1 aromatic heterocycles. The number of benzene rings is 1. The van der Waals surface area contributed by atoms with Gasteiger partial charge in [-0.05, 0) is 13.8 Å². The van der Waals surface area contributed by atoms with Gasteiger partial charge >= 0.3 is 5.97 Å². The topological polar surface area (TPSA) is 69.2 Å². The fraction of sp³-hybridized carbons (Fsp3) is 0.200. The Balaban J connectivity index is 2.04. The van der Waals surface area contributed by atoms with Crippen molar-refractivity contribution in [2.24, 2.45) is 0 Å². The predicted molar refractivity (Wildman–Crippen MR) is 72.4 cm³/mol. The molecule has 0 aliphatic carbocycles. The molecule has 1 aromatic carbocycles. The molecule has 20 heavy (non-hydrogen) atoms. The quantitative estimate of drug-likeness (QED) is 0.629. The Bertz CT molecular complexity index is 609. The third-order valence-corrected chi connectivity index (χ3v) is 2.70. The summed E-state index contributed by atoms with van der Waals surface area (Å²) in [6, 6.07) is 8.69. The molecule has 1 heterocycles. The summed E-state index contributed by atoms with van der Waals surface area (Å²) in [5.74, 6) is -0.909. The molecule has 5 heteroatoms. The number of Topliss-reactive ketones (excluding diaryl/α,β-unsaturated/α-hetero) is 1. The van der Waals surface area contributed by atoms with Gasteiger partial charge in [-0.3, -0.25) is 9.78 Å². The molecular formula is C15H14N2O3. The van der Waals surface area contributed by atoms with Crippen LogP contribution in [0.5, 0.6) is 0 Å². The van der Waals surface area contributed by atoms with Crippen molar-refractivity contribution < 1.29 is 14.3 Å². The van der Waals surface area contributed by atoms with Crippen LogP contribution in [0.3, 0.4) is 0 Å². The first-order valence-electron chi connectivity index (χ1n) is 6.17. The maximum Gasteiger partial charge on any atom is 0.359 e. The molecular weight excluding hydrogens is 256 g/mol. The first-order chi connectivity index (χ1) is 9.58.